The first-order valence-corrected chi connectivity index (χ1v) is 7.52. The highest BCUT2D eigenvalue weighted by molar-refractivity contribution is 7.89. The van der Waals surface area contributed by atoms with Crippen molar-refractivity contribution in [2.75, 3.05) is 6.54 Å². The van der Waals surface area contributed by atoms with Gasteiger partial charge in [-0.05, 0) is 12.5 Å². The monoisotopic (exact) mass is 319 g/mol. The van der Waals surface area contributed by atoms with Gasteiger partial charge in [-0.2, -0.15) is 4.39 Å². The molecule has 1 rings (SSSR count). The Balaban J connectivity index is 3.31. The lowest BCUT2D eigenvalue weighted by Gasteiger charge is -2.07. The van der Waals surface area contributed by atoms with E-state index in [4.69, 9.17) is 5.14 Å². The number of amides is 1. The van der Waals surface area contributed by atoms with E-state index >= 15 is 0 Å². The van der Waals surface area contributed by atoms with Crippen molar-refractivity contribution in [1.29, 1.82) is 0 Å². The van der Waals surface area contributed by atoms with Crippen LogP contribution in [0.2, 0.25) is 0 Å². The van der Waals surface area contributed by atoms with Crippen LogP contribution in [0.25, 0.3) is 0 Å². The molecule has 0 aliphatic heterocycles. The van der Waals surface area contributed by atoms with E-state index < -0.39 is 37.3 Å². The van der Waals surface area contributed by atoms with Gasteiger partial charge in [-0.15, -0.1) is 0 Å². The van der Waals surface area contributed by atoms with Crippen LogP contribution >= 0.6 is 0 Å². The highest BCUT2D eigenvalue weighted by atomic mass is 32.2. The maximum atomic E-state index is 13.7. The van der Waals surface area contributed by atoms with Crippen molar-refractivity contribution in [2.24, 2.45) is 5.14 Å². The van der Waals surface area contributed by atoms with Gasteiger partial charge >= 0.3 is 5.69 Å². The van der Waals surface area contributed by atoms with Gasteiger partial charge in [0.05, 0.1) is 4.92 Å². The van der Waals surface area contributed by atoms with Crippen LogP contribution < -0.4 is 10.5 Å². The summed E-state index contributed by atoms with van der Waals surface area (Å²) < 4.78 is 36.2. The number of carbonyl (C=O) groups excluding carboxylic acids is 1. The Hall–Kier alpha value is -2.07. The van der Waals surface area contributed by atoms with E-state index in [9.17, 15) is 27.7 Å². The molecule has 116 valence electrons. The van der Waals surface area contributed by atoms with E-state index in [-0.39, 0.29) is 5.56 Å². The van der Waals surface area contributed by atoms with E-state index in [1.54, 1.807) is 0 Å². The molecule has 1 amide bonds. The number of halogens is 1. The SMILES string of the molecule is CCCCNC(=O)c1cc([N+](=O)[O-])c(F)c(S(N)(=O)=O)c1. The van der Waals surface area contributed by atoms with E-state index in [2.05, 4.69) is 5.32 Å². The first kappa shape index (κ1) is 17.0. The largest absolute Gasteiger partial charge is 0.352 e. The third kappa shape index (κ3) is 4.20. The average molecular weight is 319 g/mol. The summed E-state index contributed by atoms with van der Waals surface area (Å²) in [6.07, 6.45) is 1.49. The highest BCUT2D eigenvalue weighted by Gasteiger charge is 2.27. The highest BCUT2D eigenvalue weighted by Crippen LogP contribution is 2.25. The smallest absolute Gasteiger partial charge is 0.307 e. The molecule has 0 heterocycles. The van der Waals surface area contributed by atoms with Gasteiger partial charge in [-0.3, -0.25) is 14.9 Å². The molecule has 0 atom stereocenters. The van der Waals surface area contributed by atoms with Crippen LogP contribution in [0.1, 0.15) is 30.1 Å². The summed E-state index contributed by atoms with van der Waals surface area (Å²) in [5, 5.41) is 18.0. The summed E-state index contributed by atoms with van der Waals surface area (Å²) in [6, 6.07) is 1.35. The number of rotatable bonds is 6. The molecule has 0 aromatic heterocycles. The molecule has 0 fully saturated rings. The topological polar surface area (TPSA) is 132 Å². The van der Waals surface area contributed by atoms with Crippen molar-refractivity contribution < 1.29 is 22.5 Å². The van der Waals surface area contributed by atoms with Crippen molar-refractivity contribution >= 4 is 21.6 Å². The van der Waals surface area contributed by atoms with Crippen LogP contribution in [-0.4, -0.2) is 25.8 Å². The fraction of sp³-hybridized carbons (Fsp3) is 0.364. The molecule has 0 aliphatic rings. The number of unbranched alkanes of at least 4 members (excludes halogenated alkanes) is 1. The minimum absolute atomic E-state index is 0.311. The Labute approximate surface area is 120 Å². The van der Waals surface area contributed by atoms with Crippen LogP contribution in [0.15, 0.2) is 17.0 Å². The summed E-state index contributed by atoms with van der Waals surface area (Å²) in [7, 11) is -4.53. The Bertz CT molecular complexity index is 675. The molecule has 10 heteroatoms. The minimum atomic E-state index is -4.53. The predicted molar refractivity (Wildman–Crippen MR) is 71.7 cm³/mol. The Morgan fingerprint density at radius 3 is 2.57 bits per heavy atom. The lowest BCUT2D eigenvalue weighted by molar-refractivity contribution is -0.387. The number of nitrogens with two attached hydrogens (primary N) is 1. The van der Waals surface area contributed by atoms with Crippen molar-refractivity contribution in [2.45, 2.75) is 24.7 Å². The number of nitrogens with zero attached hydrogens (tertiary/aromatic N) is 1. The first-order chi connectivity index (χ1) is 9.68. The number of nitrogens with one attached hydrogen (secondary N) is 1. The van der Waals surface area contributed by atoms with Crippen molar-refractivity contribution in [3.8, 4) is 0 Å². The van der Waals surface area contributed by atoms with E-state index in [1.165, 1.54) is 0 Å². The van der Waals surface area contributed by atoms with Crippen LogP contribution in [0, 0.1) is 15.9 Å². The minimum Gasteiger partial charge on any atom is -0.352 e. The number of primary sulfonamides is 1. The predicted octanol–water partition coefficient (Wildman–Crippen LogP) is 0.911. The van der Waals surface area contributed by atoms with Gasteiger partial charge in [0.15, 0.2) is 0 Å². The molecule has 21 heavy (non-hydrogen) atoms. The molecule has 0 saturated carbocycles. The molecular weight excluding hydrogens is 305 g/mol. The summed E-state index contributed by atoms with van der Waals surface area (Å²) >= 11 is 0. The molecule has 1 aromatic carbocycles. The number of carbonyl (C=O) groups is 1. The normalized spacial score (nSPS) is 11.2. The zero-order valence-electron chi connectivity index (χ0n) is 11.1. The van der Waals surface area contributed by atoms with E-state index in [0.717, 1.165) is 6.42 Å². The maximum Gasteiger partial charge on any atom is 0.307 e. The van der Waals surface area contributed by atoms with Gasteiger partial charge < -0.3 is 5.32 Å². The van der Waals surface area contributed by atoms with Crippen LogP contribution in [-0.2, 0) is 10.0 Å². The third-order valence-corrected chi connectivity index (χ3v) is 3.51. The Morgan fingerprint density at radius 2 is 2.10 bits per heavy atom. The maximum absolute atomic E-state index is 13.7. The quantitative estimate of drug-likeness (QED) is 0.457. The van der Waals surface area contributed by atoms with E-state index in [1.807, 2.05) is 6.92 Å². The summed E-state index contributed by atoms with van der Waals surface area (Å²) in [6.45, 7) is 2.21. The Kier molecular flexibility index (Phi) is 5.33. The average Bonchev–Trinajstić information content (AvgIpc) is 2.37. The van der Waals surface area contributed by atoms with Gasteiger partial charge in [0, 0.05) is 18.2 Å². The van der Waals surface area contributed by atoms with Crippen molar-refractivity contribution in [1.82, 2.24) is 5.32 Å². The number of nitro groups is 1. The first-order valence-electron chi connectivity index (χ1n) is 5.97. The van der Waals surface area contributed by atoms with Crippen molar-refractivity contribution in [3.63, 3.8) is 0 Å². The van der Waals surface area contributed by atoms with Gasteiger partial charge in [-0.25, -0.2) is 13.6 Å². The van der Waals surface area contributed by atoms with Gasteiger partial charge in [0.1, 0.15) is 4.90 Å². The summed E-state index contributed by atoms with van der Waals surface area (Å²) in [4.78, 5) is 20.3. The summed E-state index contributed by atoms with van der Waals surface area (Å²) in [5.41, 5.74) is -1.47. The number of hydrogen-bond donors (Lipinski definition) is 2. The third-order valence-electron chi connectivity index (χ3n) is 2.60. The molecule has 1 aromatic rings. The standard InChI is InChI=1S/C11H14FN3O5S/c1-2-3-4-14-11(16)7-5-8(15(17)18)10(12)9(6-7)21(13,19)20/h5-6H,2-4H2,1H3,(H,14,16)(H2,13,19,20). The fourth-order valence-electron chi connectivity index (χ4n) is 1.53. The van der Waals surface area contributed by atoms with Crippen LogP contribution in [0.5, 0.6) is 0 Å². The molecule has 0 radical (unpaired) electrons. The molecule has 8 nitrogen and oxygen atoms in total. The lowest BCUT2D eigenvalue weighted by atomic mass is 10.1. The number of sulfonamides is 1. The number of nitro benzene ring substituents is 1. The second kappa shape index (κ2) is 6.59. The molecule has 0 unspecified atom stereocenters. The molecule has 3 N–H and O–H groups in total. The van der Waals surface area contributed by atoms with Crippen LogP contribution in [0.4, 0.5) is 10.1 Å². The van der Waals surface area contributed by atoms with Gasteiger partial charge in [0.2, 0.25) is 15.8 Å². The molecule has 0 saturated heterocycles. The summed E-state index contributed by atoms with van der Waals surface area (Å²) in [5.74, 6) is -2.33. The van der Waals surface area contributed by atoms with Gasteiger partial charge in [-0.1, -0.05) is 13.3 Å². The molecule has 0 bridgehead atoms. The van der Waals surface area contributed by atoms with Crippen molar-refractivity contribution in [3.05, 3.63) is 33.6 Å². The molecule has 0 spiro atoms. The fourth-order valence-corrected chi connectivity index (χ4v) is 2.18. The zero-order valence-corrected chi connectivity index (χ0v) is 11.9. The second-order valence-electron chi connectivity index (χ2n) is 4.22. The zero-order chi connectivity index (χ0) is 16.2. The van der Waals surface area contributed by atoms with Gasteiger partial charge in [0.25, 0.3) is 5.91 Å². The number of hydrogen-bond acceptors (Lipinski definition) is 5. The van der Waals surface area contributed by atoms with E-state index in [0.29, 0.717) is 25.1 Å². The number of benzene rings is 1. The molecule has 0 aliphatic carbocycles. The second-order valence-corrected chi connectivity index (χ2v) is 5.75. The van der Waals surface area contributed by atoms with Crippen LogP contribution in [0.3, 0.4) is 0 Å². The molecular formula is C11H14FN3O5S. The lowest BCUT2D eigenvalue weighted by Crippen LogP contribution is -2.25. The Morgan fingerprint density at radius 1 is 1.48 bits per heavy atom.